The highest BCUT2D eigenvalue weighted by Gasteiger charge is 2.29. The average molecular weight is 270 g/mol. The Morgan fingerprint density at radius 2 is 1.74 bits per heavy atom. The van der Waals surface area contributed by atoms with Crippen LogP contribution in [-0.2, 0) is 4.79 Å². The predicted molar refractivity (Wildman–Crippen MR) is 74.0 cm³/mol. The normalized spacial score (nSPS) is 20.9. The van der Waals surface area contributed by atoms with Crippen molar-refractivity contribution in [3.8, 4) is 0 Å². The summed E-state index contributed by atoms with van der Waals surface area (Å²) in [5, 5.41) is 14.4. The van der Waals surface area contributed by atoms with Gasteiger partial charge >= 0.3 is 12.0 Å². The molecule has 1 atom stereocenters. The van der Waals surface area contributed by atoms with Gasteiger partial charge in [0.15, 0.2) is 0 Å². The van der Waals surface area contributed by atoms with Crippen molar-refractivity contribution in [2.45, 2.75) is 65.5 Å². The van der Waals surface area contributed by atoms with Crippen molar-refractivity contribution in [3.63, 3.8) is 0 Å². The van der Waals surface area contributed by atoms with E-state index in [1.165, 1.54) is 0 Å². The standard InChI is InChI=1S/C14H26N2O3/c1-9(2)11(12(17)18)16-13(19)15-10-5-7-14(3,4)8-6-10/h9-11H,5-8H2,1-4H3,(H,17,18)(H2,15,16,19)/t11-/m1/s1. The van der Waals surface area contributed by atoms with E-state index < -0.39 is 12.0 Å². The van der Waals surface area contributed by atoms with Crippen LogP contribution >= 0.6 is 0 Å². The minimum atomic E-state index is -0.991. The van der Waals surface area contributed by atoms with Crippen molar-refractivity contribution in [2.24, 2.45) is 11.3 Å². The van der Waals surface area contributed by atoms with E-state index in [2.05, 4.69) is 24.5 Å². The molecule has 0 aliphatic heterocycles. The summed E-state index contributed by atoms with van der Waals surface area (Å²) < 4.78 is 0. The molecule has 5 heteroatoms. The fourth-order valence-electron chi connectivity index (χ4n) is 2.43. The van der Waals surface area contributed by atoms with Gasteiger partial charge < -0.3 is 15.7 Å². The third kappa shape index (κ3) is 5.09. The van der Waals surface area contributed by atoms with Gasteiger partial charge in [0.1, 0.15) is 6.04 Å². The summed E-state index contributed by atoms with van der Waals surface area (Å²) in [4.78, 5) is 22.8. The largest absolute Gasteiger partial charge is 0.480 e. The zero-order valence-corrected chi connectivity index (χ0v) is 12.3. The Hall–Kier alpha value is -1.26. The number of hydrogen-bond donors (Lipinski definition) is 3. The molecule has 110 valence electrons. The molecule has 2 amide bonds. The maximum Gasteiger partial charge on any atom is 0.326 e. The van der Waals surface area contributed by atoms with Crippen molar-refractivity contribution < 1.29 is 14.7 Å². The van der Waals surface area contributed by atoms with Crippen molar-refractivity contribution >= 4 is 12.0 Å². The molecule has 0 unspecified atom stereocenters. The van der Waals surface area contributed by atoms with Crippen LogP contribution < -0.4 is 10.6 Å². The fraction of sp³-hybridized carbons (Fsp3) is 0.857. The summed E-state index contributed by atoms with van der Waals surface area (Å²) in [6.45, 7) is 8.04. The number of rotatable bonds is 4. The van der Waals surface area contributed by atoms with E-state index in [-0.39, 0.29) is 18.0 Å². The number of nitrogens with one attached hydrogen (secondary N) is 2. The van der Waals surface area contributed by atoms with Gasteiger partial charge in [-0.1, -0.05) is 27.7 Å². The number of carboxylic acid groups (broad SMARTS) is 1. The van der Waals surface area contributed by atoms with Crippen LogP contribution in [0.5, 0.6) is 0 Å². The summed E-state index contributed by atoms with van der Waals surface area (Å²) in [5.41, 5.74) is 0.357. The molecule has 0 aromatic heterocycles. The highest BCUT2D eigenvalue weighted by Crippen LogP contribution is 2.34. The average Bonchev–Trinajstić information content (AvgIpc) is 2.28. The van der Waals surface area contributed by atoms with Crippen molar-refractivity contribution in [1.29, 1.82) is 0 Å². The molecule has 1 aliphatic rings. The molecule has 0 heterocycles. The lowest BCUT2D eigenvalue weighted by Gasteiger charge is -2.34. The number of carbonyl (C=O) groups is 2. The first-order chi connectivity index (χ1) is 8.71. The van der Waals surface area contributed by atoms with Gasteiger partial charge in [0.25, 0.3) is 0 Å². The van der Waals surface area contributed by atoms with Gasteiger partial charge in [-0.15, -0.1) is 0 Å². The van der Waals surface area contributed by atoms with Gasteiger partial charge in [0, 0.05) is 6.04 Å². The van der Waals surface area contributed by atoms with Crippen molar-refractivity contribution in [2.75, 3.05) is 0 Å². The Kier molecular flexibility index (Phi) is 5.20. The van der Waals surface area contributed by atoms with Crippen molar-refractivity contribution in [1.82, 2.24) is 10.6 Å². The van der Waals surface area contributed by atoms with Crippen LogP contribution in [0.4, 0.5) is 4.79 Å². The lowest BCUT2D eigenvalue weighted by Crippen LogP contribution is -2.51. The molecule has 0 aromatic rings. The van der Waals surface area contributed by atoms with Crippen molar-refractivity contribution in [3.05, 3.63) is 0 Å². The van der Waals surface area contributed by atoms with Crippen LogP contribution in [0.3, 0.4) is 0 Å². The first-order valence-corrected chi connectivity index (χ1v) is 7.01. The molecule has 1 saturated carbocycles. The second kappa shape index (κ2) is 6.26. The first-order valence-electron chi connectivity index (χ1n) is 7.01. The lowest BCUT2D eigenvalue weighted by atomic mass is 9.76. The number of aliphatic carboxylic acids is 1. The summed E-state index contributed by atoms with van der Waals surface area (Å²) in [6.07, 6.45) is 4.09. The van der Waals surface area contributed by atoms with Crippen LogP contribution in [-0.4, -0.2) is 29.2 Å². The fourth-order valence-corrected chi connectivity index (χ4v) is 2.43. The molecular weight excluding hydrogens is 244 g/mol. The first kappa shape index (κ1) is 15.8. The van der Waals surface area contributed by atoms with Gasteiger partial charge in [-0.2, -0.15) is 0 Å². The SMILES string of the molecule is CC(C)[C@@H](NC(=O)NC1CCC(C)(C)CC1)C(=O)O. The van der Waals surface area contributed by atoms with Gasteiger partial charge in [0.05, 0.1) is 0 Å². The van der Waals surface area contributed by atoms with E-state index in [9.17, 15) is 9.59 Å². The lowest BCUT2D eigenvalue weighted by molar-refractivity contribution is -0.140. The Bertz CT molecular complexity index is 330. The van der Waals surface area contributed by atoms with Crippen LogP contribution in [0.25, 0.3) is 0 Å². The van der Waals surface area contributed by atoms with E-state index in [0.29, 0.717) is 5.41 Å². The summed E-state index contributed by atoms with van der Waals surface area (Å²) in [5.74, 6) is -1.12. The number of carbonyl (C=O) groups excluding carboxylic acids is 1. The Morgan fingerprint density at radius 3 is 2.16 bits per heavy atom. The second-order valence-electron chi connectivity index (χ2n) is 6.62. The third-order valence-corrected chi connectivity index (χ3v) is 3.89. The van der Waals surface area contributed by atoms with E-state index in [1.54, 1.807) is 13.8 Å². The van der Waals surface area contributed by atoms with E-state index in [1.807, 2.05) is 0 Å². The second-order valence-corrected chi connectivity index (χ2v) is 6.62. The molecule has 1 fully saturated rings. The summed E-state index contributed by atoms with van der Waals surface area (Å²) >= 11 is 0. The van der Waals surface area contributed by atoms with E-state index >= 15 is 0 Å². The molecular formula is C14H26N2O3. The van der Waals surface area contributed by atoms with E-state index in [0.717, 1.165) is 25.7 Å². The maximum absolute atomic E-state index is 11.8. The molecule has 3 N–H and O–H groups in total. The monoisotopic (exact) mass is 270 g/mol. The minimum Gasteiger partial charge on any atom is -0.480 e. The molecule has 0 bridgehead atoms. The quantitative estimate of drug-likeness (QED) is 0.733. The van der Waals surface area contributed by atoms with Gasteiger partial charge in [-0.25, -0.2) is 9.59 Å². The molecule has 1 aliphatic carbocycles. The molecule has 0 aromatic carbocycles. The number of amides is 2. The zero-order valence-electron chi connectivity index (χ0n) is 12.3. The van der Waals surface area contributed by atoms with Crippen LogP contribution in [0.2, 0.25) is 0 Å². The molecule has 5 nitrogen and oxygen atoms in total. The van der Waals surface area contributed by atoms with Crippen LogP contribution in [0.15, 0.2) is 0 Å². The Morgan fingerprint density at radius 1 is 1.21 bits per heavy atom. The molecule has 0 spiro atoms. The summed E-state index contributed by atoms with van der Waals surface area (Å²) in [6, 6.07) is -1.04. The highest BCUT2D eigenvalue weighted by molar-refractivity contribution is 5.82. The predicted octanol–water partition coefficient (Wildman–Crippen LogP) is 2.36. The summed E-state index contributed by atoms with van der Waals surface area (Å²) in [7, 11) is 0. The maximum atomic E-state index is 11.8. The smallest absolute Gasteiger partial charge is 0.326 e. The zero-order chi connectivity index (χ0) is 14.6. The number of carboxylic acids is 1. The van der Waals surface area contributed by atoms with Crippen LogP contribution in [0.1, 0.15) is 53.4 Å². The van der Waals surface area contributed by atoms with Gasteiger partial charge in [0.2, 0.25) is 0 Å². The van der Waals surface area contributed by atoms with Gasteiger partial charge in [-0.3, -0.25) is 0 Å². The van der Waals surface area contributed by atoms with Crippen LogP contribution in [0, 0.1) is 11.3 Å². The molecule has 0 radical (unpaired) electrons. The molecule has 1 rings (SSSR count). The molecule has 19 heavy (non-hydrogen) atoms. The number of urea groups is 1. The molecule has 0 saturated heterocycles. The Labute approximate surface area is 115 Å². The number of hydrogen-bond acceptors (Lipinski definition) is 2. The minimum absolute atomic E-state index is 0.131. The van der Waals surface area contributed by atoms with E-state index in [4.69, 9.17) is 5.11 Å². The Balaban J connectivity index is 2.41. The third-order valence-electron chi connectivity index (χ3n) is 3.89. The topological polar surface area (TPSA) is 78.4 Å². The van der Waals surface area contributed by atoms with Gasteiger partial charge in [-0.05, 0) is 37.0 Å². The highest BCUT2D eigenvalue weighted by atomic mass is 16.4.